The SMILES string of the molecule is CCC(NC(=O)c1sccc1C)c1cccc(Cl)c1. The lowest BCUT2D eigenvalue weighted by Gasteiger charge is -2.17. The van der Waals surface area contributed by atoms with Crippen molar-refractivity contribution in [3.63, 3.8) is 0 Å². The summed E-state index contributed by atoms with van der Waals surface area (Å²) in [6.07, 6.45) is 0.830. The van der Waals surface area contributed by atoms with Gasteiger partial charge in [-0.25, -0.2) is 0 Å². The van der Waals surface area contributed by atoms with Crippen LogP contribution in [0.1, 0.15) is 40.2 Å². The Labute approximate surface area is 122 Å². The first kappa shape index (κ1) is 14.1. The predicted octanol–water partition coefficient (Wildman–Crippen LogP) is 4.59. The molecule has 1 aromatic carbocycles. The van der Waals surface area contributed by atoms with Crippen molar-refractivity contribution in [2.24, 2.45) is 0 Å². The lowest BCUT2D eigenvalue weighted by atomic mass is 10.0. The van der Waals surface area contributed by atoms with Crippen molar-refractivity contribution >= 4 is 28.8 Å². The first-order valence-corrected chi connectivity index (χ1v) is 7.48. The van der Waals surface area contributed by atoms with Gasteiger partial charge in [-0.2, -0.15) is 0 Å². The number of halogens is 1. The summed E-state index contributed by atoms with van der Waals surface area (Å²) in [6.45, 7) is 4.00. The second-order valence-electron chi connectivity index (χ2n) is 4.42. The summed E-state index contributed by atoms with van der Waals surface area (Å²) in [5, 5.41) is 5.69. The van der Waals surface area contributed by atoms with Gasteiger partial charge in [0.05, 0.1) is 10.9 Å². The van der Waals surface area contributed by atoms with Crippen molar-refractivity contribution in [2.75, 3.05) is 0 Å². The number of aryl methyl sites for hydroxylation is 1. The molecule has 0 bridgehead atoms. The molecule has 2 rings (SSSR count). The van der Waals surface area contributed by atoms with Gasteiger partial charge in [-0.15, -0.1) is 11.3 Å². The molecule has 0 saturated heterocycles. The van der Waals surface area contributed by atoms with Crippen molar-refractivity contribution in [2.45, 2.75) is 26.3 Å². The average Bonchev–Trinajstić information content (AvgIpc) is 2.82. The fraction of sp³-hybridized carbons (Fsp3) is 0.267. The monoisotopic (exact) mass is 293 g/mol. The summed E-state index contributed by atoms with van der Waals surface area (Å²) in [6, 6.07) is 9.58. The zero-order valence-electron chi connectivity index (χ0n) is 10.9. The van der Waals surface area contributed by atoms with Crippen molar-refractivity contribution in [1.29, 1.82) is 0 Å². The van der Waals surface area contributed by atoms with E-state index in [0.29, 0.717) is 5.02 Å². The number of rotatable bonds is 4. The summed E-state index contributed by atoms with van der Waals surface area (Å²) < 4.78 is 0. The smallest absolute Gasteiger partial charge is 0.262 e. The molecule has 1 aromatic heterocycles. The third kappa shape index (κ3) is 3.37. The van der Waals surface area contributed by atoms with E-state index in [1.807, 2.05) is 49.6 Å². The average molecular weight is 294 g/mol. The maximum Gasteiger partial charge on any atom is 0.262 e. The second-order valence-corrected chi connectivity index (χ2v) is 5.77. The fourth-order valence-electron chi connectivity index (χ4n) is 1.97. The van der Waals surface area contributed by atoms with Crippen LogP contribution in [0.15, 0.2) is 35.7 Å². The van der Waals surface area contributed by atoms with Gasteiger partial charge in [0, 0.05) is 5.02 Å². The number of hydrogen-bond donors (Lipinski definition) is 1. The van der Waals surface area contributed by atoms with Gasteiger partial charge < -0.3 is 5.32 Å². The molecule has 1 N–H and O–H groups in total. The summed E-state index contributed by atoms with van der Waals surface area (Å²) in [7, 11) is 0. The highest BCUT2D eigenvalue weighted by atomic mass is 35.5. The highest BCUT2D eigenvalue weighted by Gasteiger charge is 2.16. The number of carbonyl (C=O) groups excluding carboxylic acids is 1. The molecule has 0 aliphatic carbocycles. The van der Waals surface area contributed by atoms with E-state index in [0.717, 1.165) is 22.4 Å². The molecule has 2 aromatic rings. The summed E-state index contributed by atoms with van der Waals surface area (Å²) in [5.74, 6) is -0.0145. The minimum Gasteiger partial charge on any atom is -0.345 e. The Balaban J connectivity index is 2.16. The molecule has 19 heavy (non-hydrogen) atoms. The van der Waals surface area contributed by atoms with E-state index in [2.05, 4.69) is 5.32 Å². The summed E-state index contributed by atoms with van der Waals surface area (Å²) in [4.78, 5) is 13.0. The quantitative estimate of drug-likeness (QED) is 0.877. The Kier molecular flexibility index (Phi) is 4.61. The van der Waals surface area contributed by atoms with Crippen LogP contribution in [0.25, 0.3) is 0 Å². The molecule has 0 aliphatic rings. The minimum atomic E-state index is -0.0145. The van der Waals surface area contributed by atoms with E-state index in [4.69, 9.17) is 11.6 Å². The van der Waals surface area contributed by atoms with E-state index in [9.17, 15) is 4.79 Å². The number of amides is 1. The number of nitrogens with one attached hydrogen (secondary N) is 1. The van der Waals surface area contributed by atoms with Crippen LogP contribution >= 0.6 is 22.9 Å². The molecule has 2 nitrogen and oxygen atoms in total. The largest absolute Gasteiger partial charge is 0.345 e. The van der Waals surface area contributed by atoms with Gasteiger partial charge in [0.2, 0.25) is 0 Å². The van der Waals surface area contributed by atoms with Gasteiger partial charge in [0.15, 0.2) is 0 Å². The minimum absolute atomic E-state index is 0.00676. The van der Waals surface area contributed by atoms with Gasteiger partial charge in [0.1, 0.15) is 0 Å². The highest BCUT2D eigenvalue weighted by Crippen LogP contribution is 2.22. The van der Waals surface area contributed by atoms with Crippen LogP contribution in [0.2, 0.25) is 5.02 Å². The molecule has 1 amide bonds. The van der Waals surface area contributed by atoms with Crippen LogP contribution in [-0.4, -0.2) is 5.91 Å². The Hall–Kier alpha value is -1.32. The Bertz CT molecular complexity index is 579. The topological polar surface area (TPSA) is 29.1 Å². The molecule has 100 valence electrons. The van der Waals surface area contributed by atoms with Gasteiger partial charge in [0.25, 0.3) is 5.91 Å². The Morgan fingerprint density at radius 3 is 2.79 bits per heavy atom. The van der Waals surface area contributed by atoms with Gasteiger partial charge in [-0.05, 0) is 48.1 Å². The molecule has 0 spiro atoms. The van der Waals surface area contributed by atoms with Gasteiger partial charge in [-0.3, -0.25) is 4.79 Å². The van der Waals surface area contributed by atoms with Crippen LogP contribution in [0, 0.1) is 6.92 Å². The van der Waals surface area contributed by atoms with E-state index in [-0.39, 0.29) is 11.9 Å². The maximum absolute atomic E-state index is 12.2. The third-order valence-corrected chi connectivity index (χ3v) is 4.28. The lowest BCUT2D eigenvalue weighted by Crippen LogP contribution is -2.27. The van der Waals surface area contributed by atoms with Crippen LogP contribution < -0.4 is 5.32 Å². The zero-order chi connectivity index (χ0) is 13.8. The molecule has 0 saturated carbocycles. The Morgan fingerprint density at radius 1 is 1.42 bits per heavy atom. The first-order valence-electron chi connectivity index (χ1n) is 6.22. The van der Waals surface area contributed by atoms with E-state index in [1.54, 1.807) is 0 Å². The summed E-state index contributed by atoms with van der Waals surface area (Å²) in [5.41, 5.74) is 2.06. The van der Waals surface area contributed by atoms with E-state index in [1.165, 1.54) is 11.3 Å². The molecule has 0 radical (unpaired) electrons. The van der Waals surface area contributed by atoms with E-state index < -0.39 is 0 Å². The van der Waals surface area contributed by atoms with Crippen LogP contribution in [0.4, 0.5) is 0 Å². The molecule has 1 unspecified atom stereocenters. The highest BCUT2D eigenvalue weighted by molar-refractivity contribution is 7.12. The summed E-state index contributed by atoms with van der Waals surface area (Å²) >= 11 is 7.47. The number of thiophene rings is 1. The lowest BCUT2D eigenvalue weighted by molar-refractivity contribution is 0.0939. The molecular weight excluding hydrogens is 278 g/mol. The molecule has 1 atom stereocenters. The molecule has 4 heteroatoms. The predicted molar refractivity (Wildman–Crippen MR) is 81.0 cm³/mol. The van der Waals surface area contributed by atoms with Crippen molar-refractivity contribution in [1.82, 2.24) is 5.32 Å². The fourth-order valence-corrected chi connectivity index (χ4v) is 3.00. The van der Waals surface area contributed by atoms with Crippen molar-refractivity contribution in [3.05, 3.63) is 56.7 Å². The number of hydrogen-bond acceptors (Lipinski definition) is 2. The second kappa shape index (κ2) is 6.22. The number of benzene rings is 1. The first-order chi connectivity index (χ1) is 9.11. The van der Waals surface area contributed by atoms with Crippen LogP contribution in [-0.2, 0) is 0 Å². The number of carbonyl (C=O) groups is 1. The van der Waals surface area contributed by atoms with Gasteiger partial charge >= 0.3 is 0 Å². The normalized spacial score (nSPS) is 12.2. The van der Waals surface area contributed by atoms with Crippen LogP contribution in [0.3, 0.4) is 0 Å². The maximum atomic E-state index is 12.2. The Morgan fingerprint density at radius 2 is 2.21 bits per heavy atom. The molecule has 0 aliphatic heterocycles. The van der Waals surface area contributed by atoms with Crippen LogP contribution in [0.5, 0.6) is 0 Å². The van der Waals surface area contributed by atoms with Crippen molar-refractivity contribution < 1.29 is 4.79 Å². The standard InChI is InChI=1S/C15H16ClNOS/c1-3-13(11-5-4-6-12(16)9-11)17-15(18)14-10(2)7-8-19-14/h4-9,13H,3H2,1-2H3,(H,17,18). The molecule has 0 fully saturated rings. The van der Waals surface area contributed by atoms with Crippen molar-refractivity contribution in [3.8, 4) is 0 Å². The third-order valence-electron chi connectivity index (χ3n) is 3.03. The zero-order valence-corrected chi connectivity index (χ0v) is 12.5. The molecular formula is C15H16ClNOS. The van der Waals surface area contributed by atoms with Gasteiger partial charge in [-0.1, -0.05) is 30.7 Å². The molecule has 1 heterocycles. The van der Waals surface area contributed by atoms with E-state index >= 15 is 0 Å².